The van der Waals surface area contributed by atoms with Crippen LogP contribution in [0.2, 0.25) is 0 Å². The van der Waals surface area contributed by atoms with Crippen LogP contribution in [0.4, 0.5) is 0 Å². The molecule has 30 heavy (non-hydrogen) atoms. The van der Waals surface area contributed by atoms with Crippen LogP contribution >= 0.6 is 0 Å². The van der Waals surface area contributed by atoms with Gasteiger partial charge in [0.15, 0.2) is 11.6 Å². The minimum atomic E-state index is -1.11. The predicted molar refractivity (Wildman–Crippen MR) is 107 cm³/mol. The minimum absolute atomic E-state index is 0.0641. The number of aliphatic hydroxyl groups is 2. The van der Waals surface area contributed by atoms with Gasteiger partial charge in [-0.1, -0.05) is 5.92 Å². The molecule has 7 nitrogen and oxygen atoms in total. The molecule has 1 amide bonds. The molecule has 0 radical (unpaired) electrons. The fourth-order valence-electron chi connectivity index (χ4n) is 5.12. The van der Waals surface area contributed by atoms with Gasteiger partial charge in [-0.3, -0.25) is 14.4 Å². The van der Waals surface area contributed by atoms with E-state index in [-0.39, 0.29) is 35.0 Å². The van der Waals surface area contributed by atoms with E-state index in [1.807, 2.05) is 6.92 Å². The van der Waals surface area contributed by atoms with Gasteiger partial charge in [-0.05, 0) is 55.7 Å². The number of ketones is 2. The average Bonchev–Trinajstić information content (AvgIpc) is 2.64. The Morgan fingerprint density at radius 1 is 1.20 bits per heavy atom. The van der Waals surface area contributed by atoms with Crippen LogP contribution in [-0.2, 0) is 20.8 Å². The molecular formula is C23H21NO6. The van der Waals surface area contributed by atoms with Gasteiger partial charge in [0.05, 0.1) is 17.0 Å². The number of Topliss-reactive ketones (excluding diaryl/α,β-unsaturated/α-hetero) is 2. The van der Waals surface area contributed by atoms with Crippen molar-refractivity contribution in [2.45, 2.75) is 33.1 Å². The predicted octanol–water partition coefficient (Wildman–Crippen LogP) is 1.99. The maximum Gasteiger partial charge on any atom is 0.255 e. The van der Waals surface area contributed by atoms with Crippen molar-refractivity contribution in [3.05, 3.63) is 45.2 Å². The zero-order valence-electron chi connectivity index (χ0n) is 16.6. The van der Waals surface area contributed by atoms with Crippen molar-refractivity contribution in [3.63, 3.8) is 0 Å². The molecule has 1 aromatic rings. The second-order valence-corrected chi connectivity index (χ2v) is 8.07. The summed E-state index contributed by atoms with van der Waals surface area (Å²) in [5.41, 5.74) is 6.87. The minimum Gasteiger partial charge on any atom is -0.511 e. The van der Waals surface area contributed by atoms with Crippen molar-refractivity contribution >= 4 is 23.2 Å². The van der Waals surface area contributed by atoms with Crippen molar-refractivity contribution in [1.82, 2.24) is 0 Å². The highest BCUT2D eigenvalue weighted by atomic mass is 16.3. The maximum atomic E-state index is 13.3. The lowest BCUT2D eigenvalue weighted by Gasteiger charge is -2.41. The molecule has 0 saturated heterocycles. The molecule has 1 fully saturated rings. The summed E-state index contributed by atoms with van der Waals surface area (Å²) in [5, 5.41) is 32.2. The van der Waals surface area contributed by atoms with E-state index in [2.05, 4.69) is 11.8 Å². The molecule has 3 aliphatic carbocycles. The summed E-state index contributed by atoms with van der Waals surface area (Å²) in [6, 6.07) is 1.74. The Kier molecular flexibility index (Phi) is 4.46. The van der Waals surface area contributed by atoms with Crippen molar-refractivity contribution in [2.75, 3.05) is 0 Å². The molecule has 0 spiro atoms. The number of fused-ring (bicyclic) bond motifs is 3. The average molecular weight is 407 g/mol. The molecule has 1 saturated carbocycles. The highest BCUT2D eigenvalue weighted by Gasteiger charge is 2.50. The summed E-state index contributed by atoms with van der Waals surface area (Å²) in [6.45, 7) is 3.48. The third-order valence-corrected chi connectivity index (χ3v) is 6.37. The molecule has 154 valence electrons. The number of hydrogen-bond acceptors (Lipinski definition) is 6. The molecule has 5 N–H and O–H groups in total. The van der Waals surface area contributed by atoms with E-state index in [0.29, 0.717) is 18.4 Å². The number of aliphatic hydroxyl groups excluding tert-OH is 2. The van der Waals surface area contributed by atoms with Gasteiger partial charge in [-0.25, -0.2) is 0 Å². The molecule has 3 unspecified atom stereocenters. The zero-order valence-corrected chi connectivity index (χ0v) is 16.6. The van der Waals surface area contributed by atoms with Crippen molar-refractivity contribution in [2.24, 2.45) is 23.5 Å². The maximum absolute atomic E-state index is 13.3. The number of phenolic OH excluding ortho intramolecular Hbond substituents is 1. The number of allylic oxidation sites excluding steroid dienone is 2. The Labute approximate surface area is 172 Å². The summed E-state index contributed by atoms with van der Waals surface area (Å²) >= 11 is 0. The Balaban J connectivity index is 1.91. The van der Waals surface area contributed by atoms with Crippen LogP contribution in [0, 0.1) is 36.5 Å². The van der Waals surface area contributed by atoms with Gasteiger partial charge in [0.25, 0.3) is 5.91 Å². The van der Waals surface area contributed by atoms with Crippen LogP contribution in [0.15, 0.2) is 23.0 Å². The Morgan fingerprint density at radius 2 is 1.90 bits per heavy atom. The van der Waals surface area contributed by atoms with Crippen molar-refractivity contribution < 1.29 is 29.7 Å². The third-order valence-electron chi connectivity index (χ3n) is 6.37. The van der Waals surface area contributed by atoms with E-state index >= 15 is 0 Å². The quantitative estimate of drug-likeness (QED) is 0.415. The molecule has 0 aromatic heterocycles. The fraction of sp³-hybridized carbons (Fsp3) is 0.348. The molecular weight excluding hydrogens is 386 g/mol. The van der Waals surface area contributed by atoms with Crippen LogP contribution in [0.3, 0.4) is 0 Å². The summed E-state index contributed by atoms with van der Waals surface area (Å²) in [6.07, 6.45) is 0.726. The zero-order chi connectivity index (χ0) is 21.9. The fourth-order valence-corrected chi connectivity index (χ4v) is 5.12. The van der Waals surface area contributed by atoms with Crippen LogP contribution < -0.4 is 5.73 Å². The number of phenols is 1. The van der Waals surface area contributed by atoms with Gasteiger partial charge in [0, 0.05) is 12.0 Å². The van der Waals surface area contributed by atoms with E-state index in [1.165, 1.54) is 0 Å². The van der Waals surface area contributed by atoms with Crippen LogP contribution in [-0.4, -0.2) is 32.8 Å². The molecule has 3 aliphatic rings. The Bertz CT molecular complexity index is 1160. The number of primary amides is 1. The summed E-state index contributed by atoms with van der Waals surface area (Å²) in [5.74, 6) is 0.211. The first kappa shape index (κ1) is 19.8. The first-order valence-electron chi connectivity index (χ1n) is 9.69. The second-order valence-electron chi connectivity index (χ2n) is 8.07. The van der Waals surface area contributed by atoms with E-state index in [0.717, 1.165) is 11.1 Å². The standard InChI is InChI=1S/C23H21NO6/c1-3-4-10-5-9(2)13-7-11-6-12-8-14(25)18(23(24)30)22(29)16(12)20(27)15(11)21(28)17(13)19(10)26/h5,11-12,16,26,28-29H,6-8H2,1-2H3,(H2,24,30). The third kappa shape index (κ3) is 2.64. The van der Waals surface area contributed by atoms with Gasteiger partial charge < -0.3 is 21.1 Å². The highest BCUT2D eigenvalue weighted by molar-refractivity contribution is 6.21. The number of benzene rings is 1. The van der Waals surface area contributed by atoms with Gasteiger partial charge in [0.2, 0.25) is 0 Å². The highest BCUT2D eigenvalue weighted by Crippen LogP contribution is 2.50. The van der Waals surface area contributed by atoms with E-state index in [4.69, 9.17) is 5.73 Å². The van der Waals surface area contributed by atoms with Crippen LogP contribution in [0.1, 0.15) is 42.0 Å². The first-order valence-corrected chi connectivity index (χ1v) is 9.69. The number of aromatic hydroxyl groups is 1. The van der Waals surface area contributed by atoms with E-state index < -0.39 is 40.6 Å². The van der Waals surface area contributed by atoms with Crippen molar-refractivity contribution in [3.8, 4) is 17.6 Å². The number of rotatable bonds is 1. The van der Waals surface area contributed by atoms with Gasteiger partial charge in [0.1, 0.15) is 22.8 Å². The summed E-state index contributed by atoms with van der Waals surface area (Å²) in [7, 11) is 0. The molecule has 0 bridgehead atoms. The number of amides is 1. The second kappa shape index (κ2) is 6.77. The number of carbonyl (C=O) groups is 3. The number of hydrogen-bond donors (Lipinski definition) is 4. The van der Waals surface area contributed by atoms with E-state index in [1.54, 1.807) is 13.0 Å². The lowest BCUT2D eigenvalue weighted by atomic mass is 9.61. The molecule has 3 atom stereocenters. The van der Waals surface area contributed by atoms with Gasteiger partial charge >= 0.3 is 0 Å². The van der Waals surface area contributed by atoms with Gasteiger partial charge in [-0.15, -0.1) is 5.92 Å². The first-order chi connectivity index (χ1) is 14.2. The smallest absolute Gasteiger partial charge is 0.255 e. The monoisotopic (exact) mass is 407 g/mol. The topological polar surface area (TPSA) is 138 Å². The molecule has 0 heterocycles. The molecule has 7 heteroatoms. The summed E-state index contributed by atoms with van der Waals surface area (Å²) < 4.78 is 0. The SMILES string of the molecule is CC#Cc1cc(C)c2c(c1O)C(O)=C1C(=O)C3C(O)=C(C(N)=O)C(=O)CC3CC1C2. The van der Waals surface area contributed by atoms with Gasteiger partial charge in [-0.2, -0.15) is 0 Å². The number of nitrogens with two attached hydrogens (primary N) is 1. The lowest BCUT2D eigenvalue weighted by molar-refractivity contribution is -0.127. The van der Waals surface area contributed by atoms with Crippen LogP contribution in [0.25, 0.3) is 5.76 Å². The largest absolute Gasteiger partial charge is 0.511 e. The lowest BCUT2D eigenvalue weighted by Crippen LogP contribution is -2.44. The number of carbonyl (C=O) groups excluding carboxylic acids is 3. The normalized spacial score (nSPS) is 25.2. The van der Waals surface area contributed by atoms with Crippen LogP contribution in [0.5, 0.6) is 5.75 Å². The molecule has 4 rings (SSSR count). The van der Waals surface area contributed by atoms with E-state index in [9.17, 15) is 29.7 Å². The molecule has 0 aliphatic heterocycles. The van der Waals surface area contributed by atoms with Crippen molar-refractivity contribution in [1.29, 1.82) is 0 Å². The summed E-state index contributed by atoms with van der Waals surface area (Å²) in [4.78, 5) is 37.2. The Hall–Kier alpha value is -3.53. The number of aryl methyl sites for hydroxylation is 1. The Morgan fingerprint density at radius 3 is 2.53 bits per heavy atom. The molecule has 1 aromatic carbocycles.